The molecule has 0 spiro atoms. The van der Waals surface area contributed by atoms with Gasteiger partial charge in [-0.15, -0.1) is 0 Å². The van der Waals surface area contributed by atoms with E-state index in [1.165, 1.54) is 12.7 Å². The molecule has 114 valence electrons. The van der Waals surface area contributed by atoms with Crippen LogP contribution in [0.4, 0.5) is 0 Å². The monoisotopic (exact) mass is 307 g/mol. The number of sulfone groups is 1. The van der Waals surface area contributed by atoms with E-state index >= 15 is 0 Å². The van der Waals surface area contributed by atoms with Crippen molar-refractivity contribution in [3.63, 3.8) is 0 Å². The number of methoxy groups -OCH3 is 1. The van der Waals surface area contributed by atoms with Gasteiger partial charge in [0.2, 0.25) is 0 Å². The van der Waals surface area contributed by atoms with Gasteiger partial charge in [0.05, 0.1) is 29.6 Å². The van der Waals surface area contributed by atoms with E-state index < -0.39 is 21.0 Å². The molecule has 0 bridgehead atoms. The molecule has 1 fully saturated rings. The van der Waals surface area contributed by atoms with Crippen molar-refractivity contribution < 1.29 is 13.2 Å². The number of rotatable bonds is 5. The molecule has 5 heteroatoms. The van der Waals surface area contributed by atoms with Gasteiger partial charge in [0.15, 0.2) is 9.84 Å². The Balaban J connectivity index is 2.19. The van der Waals surface area contributed by atoms with Gasteiger partial charge in [0.25, 0.3) is 0 Å². The normalized spacial score (nSPS) is 26.2. The van der Waals surface area contributed by atoms with Crippen molar-refractivity contribution in [2.24, 2.45) is 5.92 Å². The molecule has 0 saturated heterocycles. The highest BCUT2D eigenvalue weighted by Crippen LogP contribution is 2.39. The van der Waals surface area contributed by atoms with Crippen molar-refractivity contribution in [3.8, 4) is 6.07 Å². The second kappa shape index (κ2) is 7.06. The first-order valence-corrected chi connectivity index (χ1v) is 8.95. The summed E-state index contributed by atoms with van der Waals surface area (Å²) in [5.74, 6) is -0.182. The summed E-state index contributed by atoms with van der Waals surface area (Å²) in [6.45, 7) is 0.187. The van der Waals surface area contributed by atoms with Crippen molar-refractivity contribution in [2.75, 3.05) is 19.5 Å². The molecule has 3 unspecified atom stereocenters. The summed E-state index contributed by atoms with van der Waals surface area (Å²) in [6, 6.07) is 12.2. The molecule has 1 aliphatic rings. The van der Waals surface area contributed by atoms with Crippen LogP contribution in [0.2, 0.25) is 0 Å². The molecule has 2 rings (SSSR count). The van der Waals surface area contributed by atoms with Crippen molar-refractivity contribution in [1.29, 1.82) is 5.26 Å². The lowest BCUT2D eigenvalue weighted by atomic mass is 9.79. The Labute approximate surface area is 126 Å². The van der Waals surface area contributed by atoms with Crippen molar-refractivity contribution >= 4 is 9.84 Å². The largest absolute Gasteiger partial charge is 0.384 e. The Hall–Kier alpha value is -1.38. The smallest absolute Gasteiger partial charge is 0.156 e. The standard InChI is InChI=1S/C16H21NO3S/c1-20-9-10-21(18,19)16-11-14(7-8-15(16)12-17)13-5-3-2-4-6-13/h2-6,14-16H,7-11H2,1H3. The molecule has 0 N–H and O–H groups in total. The maximum atomic E-state index is 12.5. The number of nitriles is 1. The van der Waals surface area contributed by atoms with Crippen LogP contribution in [0, 0.1) is 17.2 Å². The SMILES string of the molecule is COCCS(=O)(=O)C1CC(c2ccccc2)CCC1C#N. The average molecular weight is 307 g/mol. The third-order valence-electron chi connectivity index (χ3n) is 4.26. The van der Waals surface area contributed by atoms with E-state index in [0.717, 1.165) is 6.42 Å². The first-order valence-electron chi connectivity index (χ1n) is 7.23. The van der Waals surface area contributed by atoms with Gasteiger partial charge in [-0.2, -0.15) is 5.26 Å². The number of hydrogen-bond acceptors (Lipinski definition) is 4. The van der Waals surface area contributed by atoms with Crippen LogP contribution >= 0.6 is 0 Å². The van der Waals surface area contributed by atoms with Gasteiger partial charge in [-0.25, -0.2) is 8.42 Å². The van der Waals surface area contributed by atoms with Gasteiger partial charge in [-0.05, 0) is 30.7 Å². The molecule has 0 aromatic heterocycles. The van der Waals surface area contributed by atoms with E-state index in [1.807, 2.05) is 30.3 Å². The van der Waals surface area contributed by atoms with Crippen molar-refractivity contribution in [1.82, 2.24) is 0 Å². The zero-order chi connectivity index (χ0) is 15.3. The first-order chi connectivity index (χ1) is 10.1. The van der Waals surface area contributed by atoms with E-state index in [1.54, 1.807) is 0 Å². The lowest BCUT2D eigenvalue weighted by Gasteiger charge is -2.32. The maximum absolute atomic E-state index is 12.5. The number of nitrogens with zero attached hydrogens (tertiary/aromatic N) is 1. The summed E-state index contributed by atoms with van der Waals surface area (Å²) < 4.78 is 29.8. The quantitative estimate of drug-likeness (QED) is 0.838. The van der Waals surface area contributed by atoms with Crippen molar-refractivity contribution in [3.05, 3.63) is 35.9 Å². The summed E-state index contributed by atoms with van der Waals surface area (Å²) in [4.78, 5) is 0. The highest BCUT2D eigenvalue weighted by Gasteiger charge is 2.39. The molecule has 0 heterocycles. The minimum Gasteiger partial charge on any atom is -0.384 e. The second-order valence-corrected chi connectivity index (χ2v) is 7.89. The number of benzene rings is 1. The fraction of sp³-hybridized carbons (Fsp3) is 0.562. The molecule has 0 radical (unpaired) electrons. The van der Waals surface area contributed by atoms with Crippen LogP contribution < -0.4 is 0 Å². The third kappa shape index (κ3) is 3.84. The Morgan fingerprint density at radius 3 is 2.62 bits per heavy atom. The van der Waals surface area contributed by atoms with Gasteiger partial charge in [0.1, 0.15) is 0 Å². The Morgan fingerprint density at radius 1 is 1.29 bits per heavy atom. The summed E-state index contributed by atoms with van der Waals surface area (Å²) in [7, 11) is -1.80. The van der Waals surface area contributed by atoms with Gasteiger partial charge < -0.3 is 4.74 Å². The average Bonchev–Trinajstić information content (AvgIpc) is 2.53. The summed E-state index contributed by atoms with van der Waals surface area (Å²) >= 11 is 0. The number of ether oxygens (including phenoxy) is 1. The van der Waals surface area contributed by atoms with E-state index in [9.17, 15) is 13.7 Å². The Morgan fingerprint density at radius 2 is 2.00 bits per heavy atom. The molecule has 1 saturated carbocycles. The van der Waals surface area contributed by atoms with Crippen molar-refractivity contribution in [2.45, 2.75) is 30.4 Å². The minimum atomic E-state index is -3.30. The topological polar surface area (TPSA) is 67.2 Å². The lowest BCUT2D eigenvalue weighted by molar-refractivity contribution is 0.216. The van der Waals surface area contributed by atoms with Gasteiger partial charge in [0, 0.05) is 7.11 Å². The van der Waals surface area contributed by atoms with Gasteiger partial charge in [-0.1, -0.05) is 30.3 Å². The molecule has 0 amide bonds. The molecule has 1 aromatic carbocycles. The molecule has 0 aliphatic heterocycles. The van der Waals surface area contributed by atoms with Crippen LogP contribution in [-0.2, 0) is 14.6 Å². The third-order valence-corrected chi connectivity index (χ3v) is 6.44. The highest BCUT2D eigenvalue weighted by atomic mass is 32.2. The van der Waals surface area contributed by atoms with Crippen LogP contribution in [0.15, 0.2) is 30.3 Å². The number of hydrogen-bond donors (Lipinski definition) is 0. The zero-order valence-electron chi connectivity index (χ0n) is 12.2. The molecular weight excluding hydrogens is 286 g/mol. The molecule has 4 nitrogen and oxygen atoms in total. The first kappa shape index (κ1) is 16.0. The van der Waals surface area contributed by atoms with Crippen LogP contribution in [0.25, 0.3) is 0 Å². The molecular formula is C16H21NO3S. The molecule has 3 atom stereocenters. The highest BCUT2D eigenvalue weighted by molar-refractivity contribution is 7.92. The molecule has 1 aromatic rings. The van der Waals surface area contributed by atoms with E-state index in [-0.39, 0.29) is 18.3 Å². The summed E-state index contributed by atoms with van der Waals surface area (Å²) in [5.41, 5.74) is 1.17. The van der Waals surface area contributed by atoms with Crippen LogP contribution in [0.1, 0.15) is 30.7 Å². The molecule has 21 heavy (non-hydrogen) atoms. The molecule has 1 aliphatic carbocycles. The van der Waals surface area contributed by atoms with Gasteiger partial charge in [-0.3, -0.25) is 0 Å². The second-order valence-electron chi connectivity index (χ2n) is 5.55. The van der Waals surface area contributed by atoms with E-state index in [4.69, 9.17) is 4.74 Å². The van der Waals surface area contributed by atoms with Crippen LogP contribution in [0.3, 0.4) is 0 Å². The Kier molecular flexibility index (Phi) is 5.38. The van der Waals surface area contributed by atoms with Gasteiger partial charge >= 0.3 is 0 Å². The summed E-state index contributed by atoms with van der Waals surface area (Å²) in [5, 5.41) is 8.69. The predicted octanol–water partition coefficient (Wildman–Crippen LogP) is 2.52. The minimum absolute atomic E-state index is 0.00609. The Bertz CT molecular complexity index is 592. The van der Waals surface area contributed by atoms with E-state index in [0.29, 0.717) is 12.8 Å². The predicted molar refractivity (Wildman–Crippen MR) is 81.6 cm³/mol. The van der Waals surface area contributed by atoms with E-state index in [2.05, 4.69) is 6.07 Å². The fourth-order valence-electron chi connectivity index (χ4n) is 3.05. The zero-order valence-corrected chi connectivity index (χ0v) is 13.1. The van der Waals surface area contributed by atoms with Crippen LogP contribution in [0.5, 0.6) is 0 Å². The lowest BCUT2D eigenvalue weighted by Crippen LogP contribution is -2.37. The van der Waals surface area contributed by atoms with Crippen LogP contribution in [-0.4, -0.2) is 33.1 Å². The fourth-order valence-corrected chi connectivity index (χ4v) is 4.98. The summed E-state index contributed by atoms with van der Waals surface area (Å²) in [6.07, 6.45) is 2.06. The maximum Gasteiger partial charge on any atom is 0.156 e.